The molecule has 3 rings (SSSR count). The number of aliphatic hydroxyl groups is 1. The molecule has 0 aromatic heterocycles. The van der Waals surface area contributed by atoms with Crippen LogP contribution < -0.4 is 4.72 Å². The Labute approximate surface area is 158 Å². The van der Waals surface area contributed by atoms with E-state index in [-0.39, 0.29) is 17.0 Å². The number of rotatable bonds is 4. The Hall–Kier alpha value is -1.91. The number of nitriles is 1. The van der Waals surface area contributed by atoms with Gasteiger partial charge < -0.3 is 5.11 Å². The lowest BCUT2D eigenvalue weighted by molar-refractivity contribution is 0.120. The maximum absolute atomic E-state index is 12.5. The van der Waals surface area contributed by atoms with Crippen LogP contribution in [0.15, 0.2) is 47.4 Å². The summed E-state index contributed by atoms with van der Waals surface area (Å²) in [5.74, 6) is 0. The van der Waals surface area contributed by atoms with Crippen molar-refractivity contribution in [1.29, 1.82) is 5.26 Å². The molecule has 0 bridgehead atoms. The Morgan fingerprint density at radius 3 is 2.31 bits per heavy atom. The molecule has 7 heteroatoms. The third kappa shape index (κ3) is 4.25. The van der Waals surface area contributed by atoms with E-state index in [1.165, 1.54) is 0 Å². The quantitative estimate of drug-likeness (QED) is 0.836. The average molecular weight is 391 g/mol. The molecule has 0 radical (unpaired) electrons. The van der Waals surface area contributed by atoms with Gasteiger partial charge in [0.15, 0.2) is 0 Å². The van der Waals surface area contributed by atoms with E-state index < -0.39 is 10.0 Å². The van der Waals surface area contributed by atoms with E-state index in [1.807, 2.05) is 6.07 Å². The van der Waals surface area contributed by atoms with Crippen molar-refractivity contribution < 1.29 is 13.5 Å². The SMILES string of the molecule is N#Cc1ccc(-c2ccc(S(=O)(=O)NC3CCC(O)CC3)cc2)c(Cl)c1. The molecule has 0 unspecified atom stereocenters. The summed E-state index contributed by atoms with van der Waals surface area (Å²) in [6.45, 7) is 0. The summed E-state index contributed by atoms with van der Waals surface area (Å²) in [4.78, 5) is 0.192. The molecule has 0 aliphatic heterocycles. The number of hydrogen-bond donors (Lipinski definition) is 2. The van der Waals surface area contributed by atoms with Crippen molar-refractivity contribution >= 4 is 21.6 Å². The van der Waals surface area contributed by atoms with Gasteiger partial charge >= 0.3 is 0 Å². The van der Waals surface area contributed by atoms with Crippen LogP contribution in [-0.2, 0) is 10.0 Å². The van der Waals surface area contributed by atoms with Gasteiger partial charge in [-0.05, 0) is 55.5 Å². The van der Waals surface area contributed by atoms with Crippen molar-refractivity contribution in [1.82, 2.24) is 4.72 Å². The van der Waals surface area contributed by atoms with Crippen LogP contribution in [0, 0.1) is 11.3 Å². The maximum atomic E-state index is 12.5. The first-order valence-corrected chi connectivity index (χ1v) is 10.3. The molecule has 2 aromatic rings. The molecule has 136 valence electrons. The minimum Gasteiger partial charge on any atom is -0.393 e. The molecular weight excluding hydrogens is 372 g/mol. The molecule has 0 heterocycles. The van der Waals surface area contributed by atoms with E-state index in [1.54, 1.807) is 42.5 Å². The Morgan fingerprint density at radius 2 is 1.73 bits per heavy atom. The molecular formula is C19H19ClN2O3S. The Kier molecular flexibility index (Phi) is 5.64. The van der Waals surface area contributed by atoms with Gasteiger partial charge in [0.2, 0.25) is 10.0 Å². The highest BCUT2D eigenvalue weighted by Crippen LogP contribution is 2.29. The van der Waals surface area contributed by atoms with Gasteiger partial charge in [-0.25, -0.2) is 13.1 Å². The first-order valence-electron chi connectivity index (χ1n) is 8.39. The van der Waals surface area contributed by atoms with Crippen LogP contribution in [-0.4, -0.2) is 25.7 Å². The third-order valence-electron chi connectivity index (χ3n) is 4.59. The summed E-state index contributed by atoms with van der Waals surface area (Å²) in [6, 6.07) is 13.4. The first-order chi connectivity index (χ1) is 12.4. The first kappa shape index (κ1) is 18.9. The van der Waals surface area contributed by atoms with Gasteiger partial charge in [0.1, 0.15) is 0 Å². The number of nitrogens with zero attached hydrogens (tertiary/aromatic N) is 1. The predicted molar refractivity (Wildman–Crippen MR) is 100 cm³/mol. The van der Waals surface area contributed by atoms with Crippen LogP contribution in [0.4, 0.5) is 0 Å². The van der Waals surface area contributed by atoms with Crippen molar-refractivity contribution in [2.45, 2.75) is 42.7 Å². The van der Waals surface area contributed by atoms with Gasteiger partial charge in [-0.1, -0.05) is 29.8 Å². The summed E-state index contributed by atoms with van der Waals surface area (Å²) in [5, 5.41) is 18.9. The zero-order valence-corrected chi connectivity index (χ0v) is 15.6. The standard InChI is InChI=1S/C19H19ClN2O3S/c20-19-11-13(12-21)1-10-18(19)14-2-8-17(9-3-14)26(24,25)22-15-4-6-16(23)7-5-15/h1-3,8-11,15-16,22-23H,4-7H2. The molecule has 1 saturated carbocycles. The van der Waals surface area contributed by atoms with Gasteiger partial charge in [-0.3, -0.25) is 0 Å². The lowest BCUT2D eigenvalue weighted by Gasteiger charge is -2.26. The summed E-state index contributed by atoms with van der Waals surface area (Å²) in [7, 11) is -3.60. The van der Waals surface area contributed by atoms with Crippen LogP contribution in [0.3, 0.4) is 0 Å². The topological polar surface area (TPSA) is 90.2 Å². The molecule has 5 nitrogen and oxygen atoms in total. The van der Waals surface area contributed by atoms with Crippen LogP contribution in [0.25, 0.3) is 11.1 Å². The number of aliphatic hydroxyl groups excluding tert-OH is 1. The normalized spacial score (nSPS) is 20.5. The summed E-state index contributed by atoms with van der Waals surface area (Å²) >= 11 is 6.21. The Balaban J connectivity index is 1.77. The maximum Gasteiger partial charge on any atom is 0.240 e. The van der Waals surface area contributed by atoms with Crippen molar-refractivity contribution in [2.24, 2.45) is 0 Å². The van der Waals surface area contributed by atoms with Gasteiger partial charge in [-0.2, -0.15) is 5.26 Å². The second kappa shape index (κ2) is 7.77. The van der Waals surface area contributed by atoms with Crippen molar-refractivity contribution in [3.63, 3.8) is 0 Å². The number of benzene rings is 2. The lowest BCUT2D eigenvalue weighted by Crippen LogP contribution is -2.38. The molecule has 2 N–H and O–H groups in total. The fourth-order valence-electron chi connectivity index (χ4n) is 3.11. The van der Waals surface area contributed by atoms with E-state index in [0.717, 1.165) is 11.1 Å². The number of sulfonamides is 1. The molecule has 0 saturated heterocycles. The summed E-state index contributed by atoms with van der Waals surface area (Å²) in [6.07, 6.45) is 2.18. The lowest BCUT2D eigenvalue weighted by atomic mass is 9.94. The highest BCUT2D eigenvalue weighted by molar-refractivity contribution is 7.89. The average Bonchev–Trinajstić information content (AvgIpc) is 2.63. The molecule has 0 spiro atoms. The second-order valence-corrected chi connectivity index (χ2v) is 8.58. The highest BCUT2D eigenvalue weighted by atomic mass is 35.5. The van der Waals surface area contributed by atoms with E-state index in [4.69, 9.17) is 16.9 Å². The Morgan fingerprint density at radius 1 is 1.08 bits per heavy atom. The van der Waals surface area contributed by atoms with Crippen LogP contribution in [0.2, 0.25) is 5.02 Å². The number of halogens is 1. The molecule has 2 aromatic carbocycles. The molecule has 1 aliphatic rings. The van der Waals surface area contributed by atoms with Crippen LogP contribution >= 0.6 is 11.6 Å². The van der Waals surface area contributed by atoms with Gasteiger partial charge in [0.05, 0.1) is 22.6 Å². The van der Waals surface area contributed by atoms with E-state index in [9.17, 15) is 13.5 Å². The van der Waals surface area contributed by atoms with Crippen molar-refractivity contribution in [2.75, 3.05) is 0 Å². The van der Waals surface area contributed by atoms with Crippen LogP contribution in [0.5, 0.6) is 0 Å². The smallest absolute Gasteiger partial charge is 0.240 e. The Bertz CT molecular complexity index is 928. The largest absolute Gasteiger partial charge is 0.393 e. The monoisotopic (exact) mass is 390 g/mol. The summed E-state index contributed by atoms with van der Waals surface area (Å²) in [5.41, 5.74) is 1.99. The second-order valence-electron chi connectivity index (χ2n) is 6.46. The van der Waals surface area contributed by atoms with Gasteiger partial charge in [0, 0.05) is 16.6 Å². The van der Waals surface area contributed by atoms with Crippen molar-refractivity contribution in [3.05, 3.63) is 53.1 Å². The predicted octanol–water partition coefficient (Wildman–Crippen LogP) is 3.46. The minimum absolute atomic E-state index is 0.143. The third-order valence-corrected chi connectivity index (χ3v) is 6.44. The molecule has 26 heavy (non-hydrogen) atoms. The number of nitrogens with one attached hydrogen (secondary N) is 1. The summed E-state index contributed by atoms with van der Waals surface area (Å²) < 4.78 is 27.8. The van der Waals surface area contributed by atoms with E-state index >= 15 is 0 Å². The molecule has 0 amide bonds. The zero-order valence-electron chi connectivity index (χ0n) is 14.0. The van der Waals surface area contributed by atoms with Crippen LogP contribution in [0.1, 0.15) is 31.2 Å². The van der Waals surface area contributed by atoms with E-state index in [0.29, 0.717) is 36.3 Å². The zero-order chi connectivity index (χ0) is 18.7. The minimum atomic E-state index is -3.60. The molecule has 1 fully saturated rings. The fraction of sp³-hybridized carbons (Fsp3) is 0.316. The fourth-order valence-corrected chi connectivity index (χ4v) is 4.71. The molecule has 1 aliphatic carbocycles. The number of hydrogen-bond acceptors (Lipinski definition) is 4. The highest BCUT2D eigenvalue weighted by Gasteiger charge is 2.24. The van der Waals surface area contributed by atoms with Crippen molar-refractivity contribution in [3.8, 4) is 17.2 Å². The van der Waals surface area contributed by atoms with Gasteiger partial charge in [0.25, 0.3) is 0 Å². The molecule has 0 atom stereocenters. The van der Waals surface area contributed by atoms with E-state index in [2.05, 4.69) is 4.72 Å². The van der Waals surface area contributed by atoms with Gasteiger partial charge in [-0.15, -0.1) is 0 Å².